The molecule has 0 aliphatic rings. The Bertz CT molecular complexity index is 860. The molecule has 3 rings (SSSR count). The molecule has 0 aliphatic carbocycles. The number of methoxy groups -OCH3 is 1. The van der Waals surface area contributed by atoms with Gasteiger partial charge in [0.05, 0.1) is 7.11 Å². The SMILES string of the molecule is COc1ccc(OC(=S)SC(=S)N(c2ccccc2)c2ccccc2)cc1. The molecule has 0 radical (unpaired) electrons. The first kappa shape index (κ1) is 19.4. The van der Waals surface area contributed by atoms with Crippen LogP contribution in [0.3, 0.4) is 0 Å². The smallest absolute Gasteiger partial charge is 0.232 e. The predicted molar refractivity (Wildman–Crippen MR) is 121 cm³/mol. The van der Waals surface area contributed by atoms with E-state index in [4.69, 9.17) is 33.9 Å². The van der Waals surface area contributed by atoms with Crippen molar-refractivity contribution in [2.75, 3.05) is 12.0 Å². The van der Waals surface area contributed by atoms with Gasteiger partial charge >= 0.3 is 0 Å². The molecule has 6 heteroatoms. The van der Waals surface area contributed by atoms with Gasteiger partial charge in [0.15, 0.2) is 4.32 Å². The summed E-state index contributed by atoms with van der Waals surface area (Å²) in [5.74, 6) is 1.40. The van der Waals surface area contributed by atoms with Gasteiger partial charge in [-0.3, -0.25) is 4.90 Å². The Kier molecular flexibility index (Phi) is 6.81. The van der Waals surface area contributed by atoms with Gasteiger partial charge in [-0.15, -0.1) is 0 Å². The molecule has 0 amide bonds. The molecule has 0 spiro atoms. The van der Waals surface area contributed by atoms with Gasteiger partial charge in [0.2, 0.25) is 4.38 Å². The van der Waals surface area contributed by atoms with E-state index < -0.39 is 0 Å². The molecule has 136 valence electrons. The fourth-order valence-electron chi connectivity index (χ4n) is 2.39. The van der Waals surface area contributed by atoms with E-state index in [-0.39, 0.29) is 0 Å². The lowest BCUT2D eigenvalue weighted by Crippen LogP contribution is -2.23. The molecule has 27 heavy (non-hydrogen) atoms. The van der Waals surface area contributed by atoms with E-state index in [9.17, 15) is 0 Å². The Morgan fingerprint density at radius 3 is 1.70 bits per heavy atom. The lowest BCUT2D eigenvalue weighted by atomic mass is 10.2. The van der Waals surface area contributed by atoms with Crippen LogP contribution in [0.25, 0.3) is 0 Å². The van der Waals surface area contributed by atoms with Gasteiger partial charge in [0.1, 0.15) is 11.5 Å². The number of para-hydroxylation sites is 2. The number of benzene rings is 3. The topological polar surface area (TPSA) is 21.7 Å². The van der Waals surface area contributed by atoms with Gasteiger partial charge in [-0.05, 0) is 72.5 Å². The van der Waals surface area contributed by atoms with E-state index in [1.54, 1.807) is 19.2 Å². The number of anilines is 2. The molecule has 0 saturated heterocycles. The molecule has 0 atom stereocenters. The number of hydrogen-bond donors (Lipinski definition) is 0. The summed E-state index contributed by atoms with van der Waals surface area (Å²) in [5, 5.41) is 0. The monoisotopic (exact) mass is 411 g/mol. The molecule has 0 saturated carbocycles. The number of hydrogen-bond acceptors (Lipinski definition) is 5. The molecule has 0 N–H and O–H groups in total. The molecule has 3 nitrogen and oxygen atoms in total. The van der Waals surface area contributed by atoms with Gasteiger partial charge < -0.3 is 9.47 Å². The molecule has 0 heterocycles. The quantitative estimate of drug-likeness (QED) is 0.472. The Morgan fingerprint density at radius 1 is 0.741 bits per heavy atom. The van der Waals surface area contributed by atoms with E-state index in [0.717, 1.165) is 17.1 Å². The van der Waals surface area contributed by atoms with Crippen molar-refractivity contribution in [3.8, 4) is 11.5 Å². The van der Waals surface area contributed by atoms with Gasteiger partial charge in [-0.25, -0.2) is 0 Å². The molecule has 0 aromatic heterocycles. The fraction of sp³-hybridized carbons (Fsp3) is 0.0476. The van der Waals surface area contributed by atoms with E-state index >= 15 is 0 Å². The van der Waals surface area contributed by atoms with E-state index in [2.05, 4.69) is 0 Å². The predicted octanol–water partition coefficient (Wildman–Crippen LogP) is 6.22. The number of thiocarbonyl (C=S) groups is 2. The van der Waals surface area contributed by atoms with Crippen LogP contribution in [0.5, 0.6) is 11.5 Å². The summed E-state index contributed by atoms with van der Waals surface area (Å²) in [7, 11) is 1.62. The van der Waals surface area contributed by atoms with Crippen LogP contribution in [0.15, 0.2) is 84.9 Å². The number of rotatable bonds is 4. The average molecular weight is 412 g/mol. The maximum Gasteiger partial charge on any atom is 0.232 e. The highest BCUT2D eigenvalue weighted by Crippen LogP contribution is 2.30. The first-order valence-electron chi connectivity index (χ1n) is 8.15. The van der Waals surface area contributed by atoms with Crippen molar-refractivity contribution in [3.05, 3.63) is 84.9 Å². The Labute approximate surface area is 173 Å². The third kappa shape index (κ3) is 5.29. The van der Waals surface area contributed by atoms with Crippen LogP contribution in [0.1, 0.15) is 0 Å². The minimum atomic E-state index is 0.335. The van der Waals surface area contributed by atoms with E-state index in [1.807, 2.05) is 77.7 Å². The zero-order chi connectivity index (χ0) is 19.1. The standard InChI is InChI=1S/C21H17NO2S3/c1-23-18-12-14-19(15-13-18)24-21(26)27-20(25)22(16-8-4-2-5-9-16)17-10-6-3-7-11-17/h2-15H,1H3. The third-order valence-corrected chi connectivity index (χ3v) is 5.02. The second kappa shape index (κ2) is 9.50. The van der Waals surface area contributed by atoms with E-state index in [1.165, 1.54) is 11.8 Å². The minimum absolute atomic E-state index is 0.335. The van der Waals surface area contributed by atoms with Gasteiger partial charge in [0, 0.05) is 11.4 Å². The van der Waals surface area contributed by atoms with Gasteiger partial charge in [-0.1, -0.05) is 48.6 Å². The Morgan fingerprint density at radius 2 is 1.22 bits per heavy atom. The number of thioether (sulfide) groups is 1. The van der Waals surface area contributed by atoms with Crippen LogP contribution < -0.4 is 14.4 Å². The number of nitrogens with zero attached hydrogens (tertiary/aromatic N) is 1. The second-order valence-electron chi connectivity index (χ2n) is 5.40. The van der Waals surface area contributed by atoms with Crippen molar-refractivity contribution in [1.29, 1.82) is 0 Å². The summed E-state index contributed by atoms with van der Waals surface area (Å²) < 4.78 is 11.8. The molecule has 0 aliphatic heterocycles. The van der Waals surface area contributed by atoms with Crippen molar-refractivity contribution in [2.24, 2.45) is 0 Å². The van der Waals surface area contributed by atoms with Crippen LogP contribution in [0, 0.1) is 0 Å². The molecule has 0 unspecified atom stereocenters. The average Bonchev–Trinajstić information content (AvgIpc) is 2.70. The second-order valence-corrected chi connectivity index (χ2v) is 7.64. The van der Waals surface area contributed by atoms with Crippen molar-refractivity contribution < 1.29 is 9.47 Å². The summed E-state index contributed by atoms with van der Waals surface area (Å²) in [5.41, 5.74) is 1.93. The summed E-state index contributed by atoms with van der Waals surface area (Å²) >= 11 is 12.3. The Balaban J connectivity index is 1.75. The first-order valence-corrected chi connectivity index (χ1v) is 9.78. The van der Waals surface area contributed by atoms with Crippen molar-refractivity contribution in [1.82, 2.24) is 0 Å². The largest absolute Gasteiger partial charge is 0.497 e. The maximum absolute atomic E-state index is 5.73. The first-order chi connectivity index (χ1) is 13.2. The van der Waals surface area contributed by atoms with Crippen LogP contribution in [0.2, 0.25) is 0 Å². The third-order valence-electron chi connectivity index (χ3n) is 3.64. The molecule has 3 aromatic rings. The number of ether oxygens (including phenoxy) is 2. The van der Waals surface area contributed by atoms with Crippen LogP contribution in [-0.2, 0) is 0 Å². The van der Waals surface area contributed by atoms with Crippen LogP contribution in [0.4, 0.5) is 11.4 Å². The van der Waals surface area contributed by atoms with E-state index in [0.29, 0.717) is 14.5 Å². The lowest BCUT2D eigenvalue weighted by Gasteiger charge is -2.25. The lowest BCUT2D eigenvalue weighted by molar-refractivity contribution is 0.414. The van der Waals surface area contributed by atoms with Gasteiger partial charge in [-0.2, -0.15) is 0 Å². The highest BCUT2D eigenvalue weighted by atomic mass is 32.2. The molecule has 3 aromatic carbocycles. The van der Waals surface area contributed by atoms with Crippen molar-refractivity contribution >= 4 is 56.3 Å². The normalized spacial score (nSPS) is 10.1. The summed E-state index contributed by atoms with van der Waals surface area (Å²) in [4.78, 5) is 1.98. The Hall–Kier alpha value is -2.41. The highest BCUT2D eigenvalue weighted by Gasteiger charge is 2.17. The molecule has 0 bridgehead atoms. The summed E-state index contributed by atoms with van der Waals surface area (Å²) in [6.07, 6.45) is 0. The molecular weight excluding hydrogens is 394 g/mol. The van der Waals surface area contributed by atoms with Crippen LogP contribution in [-0.4, -0.2) is 15.8 Å². The highest BCUT2D eigenvalue weighted by molar-refractivity contribution is 8.38. The minimum Gasteiger partial charge on any atom is -0.497 e. The zero-order valence-corrected chi connectivity index (χ0v) is 17.0. The maximum atomic E-state index is 5.73. The summed E-state index contributed by atoms with van der Waals surface area (Å²) in [6, 6.07) is 27.1. The molecular formula is C21H17NO2S3. The van der Waals surface area contributed by atoms with Crippen molar-refractivity contribution in [3.63, 3.8) is 0 Å². The van der Waals surface area contributed by atoms with Crippen LogP contribution >= 0.6 is 36.2 Å². The zero-order valence-electron chi connectivity index (χ0n) is 14.6. The summed E-state index contributed by atoms with van der Waals surface area (Å²) in [6.45, 7) is 0. The van der Waals surface area contributed by atoms with Crippen molar-refractivity contribution in [2.45, 2.75) is 0 Å². The molecule has 0 fully saturated rings. The van der Waals surface area contributed by atoms with Gasteiger partial charge in [0.25, 0.3) is 0 Å². The fourth-order valence-corrected chi connectivity index (χ4v) is 3.90.